The van der Waals surface area contributed by atoms with Gasteiger partial charge in [-0.2, -0.15) is 0 Å². The van der Waals surface area contributed by atoms with Crippen LogP contribution in [0.5, 0.6) is 0 Å². The summed E-state index contributed by atoms with van der Waals surface area (Å²) < 4.78 is 1.48. The van der Waals surface area contributed by atoms with E-state index in [1.807, 2.05) is 6.07 Å². The Labute approximate surface area is 112 Å². The topological polar surface area (TPSA) is 16.1 Å². The molecule has 1 aliphatic carbocycles. The van der Waals surface area contributed by atoms with Crippen LogP contribution < -0.4 is 4.90 Å². The molecule has 1 aliphatic heterocycles. The molecule has 0 bridgehead atoms. The Morgan fingerprint density at radius 2 is 2.13 bits per heavy atom. The number of piperidine rings is 1. The summed E-state index contributed by atoms with van der Waals surface area (Å²) in [7, 11) is 0. The molecule has 0 N–H and O–H groups in total. The molecule has 4 heteroatoms. The number of halogens is 2. The predicted molar refractivity (Wildman–Crippen MR) is 73.6 cm³/mol. The Bertz CT molecular complexity index is 393. The molecule has 1 aromatic rings. The minimum Gasteiger partial charge on any atom is -0.356 e. The Morgan fingerprint density at radius 3 is 2.73 bits per heavy atom. The second-order valence-electron chi connectivity index (χ2n) is 4.59. The van der Waals surface area contributed by atoms with Crippen molar-refractivity contribution in [1.29, 1.82) is 0 Å². The van der Waals surface area contributed by atoms with Crippen LogP contribution in [-0.2, 0) is 0 Å². The zero-order chi connectivity index (χ0) is 10.6. The van der Waals surface area contributed by atoms with Gasteiger partial charge < -0.3 is 4.90 Å². The van der Waals surface area contributed by atoms with Gasteiger partial charge in [-0.3, -0.25) is 0 Å². The fraction of sp³-hybridized carbons (Fsp3) is 0.545. The molecule has 2 aliphatic rings. The highest BCUT2D eigenvalue weighted by Gasteiger charge is 2.63. The third kappa shape index (κ3) is 1.60. The van der Waals surface area contributed by atoms with Crippen molar-refractivity contribution in [2.75, 3.05) is 18.0 Å². The summed E-state index contributed by atoms with van der Waals surface area (Å²) >= 11 is 6.03. The van der Waals surface area contributed by atoms with Crippen molar-refractivity contribution in [2.24, 2.45) is 11.8 Å². The zero-order valence-electron chi connectivity index (χ0n) is 8.45. The van der Waals surface area contributed by atoms with E-state index in [1.54, 1.807) is 0 Å². The molecule has 2 atom stereocenters. The van der Waals surface area contributed by atoms with Crippen molar-refractivity contribution in [3.05, 3.63) is 22.8 Å². The third-order valence-electron chi connectivity index (χ3n) is 3.69. The van der Waals surface area contributed by atoms with E-state index in [0.717, 1.165) is 22.3 Å². The van der Waals surface area contributed by atoms with Gasteiger partial charge in [-0.25, -0.2) is 4.98 Å². The molecule has 2 unspecified atom stereocenters. The van der Waals surface area contributed by atoms with E-state index in [2.05, 4.69) is 67.5 Å². The van der Waals surface area contributed by atoms with Crippen molar-refractivity contribution in [1.82, 2.24) is 4.98 Å². The molecule has 80 valence electrons. The van der Waals surface area contributed by atoms with Gasteiger partial charge in [0.1, 0.15) is 10.4 Å². The average Bonchev–Trinajstić information content (AvgIpc) is 2.63. The Hall–Kier alpha value is 0.160. The van der Waals surface area contributed by atoms with Crippen LogP contribution in [0.3, 0.4) is 0 Å². The van der Waals surface area contributed by atoms with E-state index in [-0.39, 0.29) is 0 Å². The monoisotopic (exact) mass is 378 g/mol. The molecule has 0 amide bonds. The molecule has 1 saturated heterocycles. The van der Waals surface area contributed by atoms with E-state index >= 15 is 0 Å². The van der Waals surface area contributed by atoms with Gasteiger partial charge in [0, 0.05) is 16.5 Å². The number of alkyl halides is 1. The fourth-order valence-electron chi connectivity index (χ4n) is 2.58. The van der Waals surface area contributed by atoms with Gasteiger partial charge in [-0.15, -0.1) is 0 Å². The minimum atomic E-state index is 0.556. The maximum absolute atomic E-state index is 4.50. The smallest absolute Gasteiger partial charge is 0.129 e. The lowest BCUT2D eigenvalue weighted by atomic mass is 10.3. The highest BCUT2D eigenvalue weighted by Crippen LogP contribution is 2.61. The van der Waals surface area contributed by atoms with Crippen LogP contribution >= 0.6 is 38.5 Å². The number of aromatic nitrogens is 1. The highest BCUT2D eigenvalue weighted by molar-refractivity contribution is 14.1. The van der Waals surface area contributed by atoms with Gasteiger partial charge in [0.2, 0.25) is 0 Å². The first-order chi connectivity index (χ1) is 7.09. The van der Waals surface area contributed by atoms with Crippen LogP contribution in [0.25, 0.3) is 0 Å². The van der Waals surface area contributed by atoms with E-state index in [0.29, 0.717) is 3.42 Å². The summed E-state index contributed by atoms with van der Waals surface area (Å²) in [6.07, 6.45) is 0. The number of anilines is 1. The number of nitrogens with zero attached hydrogens (tertiary/aromatic N) is 2. The number of pyridine rings is 1. The second kappa shape index (κ2) is 3.32. The quantitative estimate of drug-likeness (QED) is 0.424. The lowest BCUT2D eigenvalue weighted by molar-refractivity contribution is 0.738. The maximum atomic E-state index is 4.50. The standard InChI is InChI=1S/C11H12BrIN2/c1-11(13)7-5-15(6-8(7)11)10-4-2-3-9(12)14-10/h2-4,7-8H,5-6H2,1H3. The summed E-state index contributed by atoms with van der Waals surface area (Å²) in [5, 5.41) is 0. The first-order valence-corrected chi connectivity index (χ1v) is 7.02. The molecule has 1 aromatic heterocycles. The Balaban J connectivity index is 1.78. The van der Waals surface area contributed by atoms with E-state index in [9.17, 15) is 0 Å². The van der Waals surface area contributed by atoms with Crippen molar-refractivity contribution < 1.29 is 0 Å². The molecule has 3 rings (SSSR count). The third-order valence-corrected chi connectivity index (χ3v) is 5.73. The molecule has 2 heterocycles. The average molecular weight is 379 g/mol. The molecule has 2 fully saturated rings. The van der Waals surface area contributed by atoms with Crippen molar-refractivity contribution in [3.63, 3.8) is 0 Å². The first-order valence-electron chi connectivity index (χ1n) is 5.15. The van der Waals surface area contributed by atoms with Crippen molar-refractivity contribution in [2.45, 2.75) is 10.3 Å². The second-order valence-corrected chi connectivity index (χ2v) is 7.72. The lowest BCUT2D eigenvalue weighted by Crippen LogP contribution is -2.27. The van der Waals surface area contributed by atoms with E-state index in [1.165, 1.54) is 13.1 Å². The highest BCUT2D eigenvalue weighted by atomic mass is 127. The van der Waals surface area contributed by atoms with Gasteiger partial charge in [0.15, 0.2) is 0 Å². The van der Waals surface area contributed by atoms with E-state index < -0.39 is 0 Å². The molecular formula is C11H12BrIN2. The van der Waals surface area contributed by atoms with Crippen LogP contribution in [0.15, 0.2) is 22.8 Å². The Morgan fingerprint density at radius 1 is 1.47 bits per heavy atom. The number of hydrogen-bond donors (Lipinski definition) is 0. The summed E-state index contributed by atoms with van der Waals surface area (Å²) in [6.45, 7) is 4.72. The van der Waals surface area contributed by atoms with E-state index in [4.69, 9.17) is 0 Å². The van der Waals surface area contributed by atoms with Gasteiger partial charge in [0.05, 0.1) is 0 Å². The zero-order valence-corrected chi connectivity index (χ0v) is 12.2. The molecule has 0 aromatic carbocycles. The molecule has 0 spiro atoms. The van der Waals surface area contributed by atoms with Gasteiger partial charge in [0.25, 0.3) is 0 Å². The van der Waals surface area contributed by atoms with Crippen molar-refractivity contribution >= 4 is 44.3 Å². The molecule has 15 heavy (non-hydrogen) atoms. The Kier molecular flexibility index (Phi) is 2.29. The van der Waals surface area contributed by atoms with Crippen LogP contribution in [0.1, 0.15) is 6.92 Å². The largest absolute Gasteiger partial charge is 0.356 e. The number of fused-ring (bicyclic) bond motifs is 1. The first kappa shape index (κ1) is 10.3. The summed E-state index contributed by atoms with van der Waals surface area (Å²) in [5.74, 6) is 2.86. The van der Waals surface area contributed by atoms with Crippen LogP contribution in [-0.4, -0.2) is 21.5 Å². The van der Waals surface area contributed by atoms with Gasteiger partial charge in [-0.05, 0) is 46.8 Å². The molecule has 1 saturated carbocycles. The number of rotatable bonds is 1. The van der Waals surface area contributed by atoms with Crippen LogP contribution in [0, 0.1) is 11.8 Å². The van der Waals surface area contributed by atoms with Gasteiger partial charge in [-0.1, -0.05) is 28.7 Å². The molecule has 2 nitrogen and oxygen atoms in total. The molecule has 0 radical (unpaired) electrons. The van der Waals surface area contributed by atoms with Crippen molar-refractivity contribution in [3.8, 4) is 0 Å². The minimum absolute atomic E-state index is 0.556. The molecular weight excluding hydrogens is 367 g/mol. The van der Waals surface area contributed by atoms with Gasteiger partial charge >= 0.3 is 0 Å². The summed E-state index contributed by atoms with van der Waals surface area (Å²) in [5.41, 5.74) is 0. The van der Waals surface area contributed by atoms with Crippen LogP contribution in [0.4, 0.5) is 5.82 Å². The summed E-state index contributed by atoms with van der Waals surface area (Å²) in [4.78, 5) is 6.90. The SMILES string of the molecule is CC1(I)C2CN(c3cccc(Br)n3)CC21. The maximum Gasteiger partial charge on any atom is 0.129 e. The lowest BCUT2D eigenvalue weighted by Gasteiger charge is -2.22. The fourth-order valence-corrected chi connectivity index (χ4v) is 4.00. The summed E-state index contributed by atoms with van der Waals surface area (Å²) in [6, 6.07) is 6.13. The number of hydrogen-bond acceptors (Lipinski definition) is 2. The normalized spacial score (nSPS) is 37.9. The van der Waals surface area contributed by atoms with Crippen LogP contribution in [0.2, 0.25) is 0 Å². The predicted octanol–water partition coefficient (Wildman–Crippen LogP) is 3.10.